The van der Waals surface area contributed by atoms with Gasteiger partial charge in [0.05, 0.1) is 11.8 Å². The fourth-order valence-corrected chi connectivity index (χ4v) is 3.46. The van der Waals surface area contributed by atoms with Crippen molar-refractivity contribution >= 4 is 16.6 Å². The maximum absolute atomic E-state index is 12.0. The molecule has 152 valence electrons. The number of imidazole rings is 1. The molecule has 0 bridgehead atoms. The monoisotopic (exact) mass is 408 g/mol. The van der Waals surface area contributed by atoms with Crippen molar-refractivity contribution < 1.29 is 4.74 Å². The summed E-state index contributed by atoms with van der Waals surface area (Å²) in [6.07, 6.45) is 5.46. The zero-order valence-electron chi connectivity index (χ0n) is 16.7. The zero-order valence-corrected chi connectivity index (χ0v) is 16.7. The smallest absolute Gasteiger partial charge is 0.252 e. The van der Waals surface area contributed by atoms with E-state index in [1.807, 2.05) is 59.3 Å². The van der Waals surface area contributed by atoms with Crippen LogP contribution in [0.5, 0.6) is 11.5 Å². The Hall–Kier alpha value is -4.32. The number of rotatable bonds is 6. The fourth-order valence-electron chi connectivity index (χ4n) is 3.46. The number of anilines is 1. The van der Waals surface area contributed by atoms with E-state index in [4.69, 9.17) is 4.74 Å². The van der Waals surface area contributed by atoms with Crippen molar-refractivity contribution in [2.24, 2.45) is 0 Å². The predicted octanol–water partition coefficient (Wildman–Crippen LogP) is 5.12. The van der Waals surface area contributed by atoms with Crippen molar-refractivity contribution in [3.63, 3.8) is 0 Å². The van der Waals surface area contributed by atoms with Crippen LogP contribution in [-0.2, 0) is 6.54 Å². The first kappa shape index (κ1) is 18.7. The summed E-state index contributed by atoms with van der Waals surface area (Å²) in [6, 6.07) is 25.1. The molecule has 0 amide bonds. The molecule has 0 fully saturated rings. The van der Waals surface area contributed by atoms with Gasteiger partial charge in [0, 0.05) is 47.8 Å². The lowest BCUT2D eigenvalue weighted by Gasteiger charge is -2.11. The Balaban J connectivity index is 1.30. The van der Waals surface area contributed by atoms with Crippen molar-refractivity contribution in [1.29, 1.82) is 0 Å². The van der Waals surface area contributed by atoms with Crippen LogP contribution in [0.25, 0.3) is 16.6 Å². The van der Waals surface area contributed by atoms with Crippen molar-refractivity contribution in [1.82, 2.24) is 14.5 Å². The summed E-state index contributed by atoms with van der Waals surface area (Å²) < 4.78 is 8.02. The first-order valence-electron chi connectivity index (χ1n) is 9.96. The van der Waals surface area contributed by atoms with E-state index in [1.165, 1.54) is 6.07 Å². The highest BCUT2D eigenvalue weighted by Gasteiger charge is 2.06. The predicted molar refractivity (Wildman–Crippen MR) is 122 cm³/mol. The van der Waals surface area contributed by atoms with Gasteiger partial charge in [-0.15, -0.1) is 0 Å². The second-order valence-electron chi connectivity index (χ2n) is 7.16. The molecule has 2 aromatic heterocycles. The second-order valence-corrected chi connectivity index (χ2v) is 7.16. The van der Waals surface area contributed by atoms with Gasteiger partial charge >= 0.3 is 0 Å². The third kappa shape index (κ3) is 4.18. The molecule has 0 saturated carbocycles. The van der Waals surface area contributed by atoms with E-state index in [9.17, 15) is 4.79 Å². The second kappa shape index (κ2) is 8.20. The fraction of sp³-hybridized carbons (Fsp3) is 0.0400. The van der Waals surface area contributed by atoms with Crippen LogP contribution in [0, 0.1) is 0 Å². The summed E-state index contributed by atoms with van der Waals surface area (Å²) in [5.41, 5.74) is 3.73. The van der Waals surface area contributed by atoms with Gasteiger partial charge in [-0.2, -0.15) is 0 Å². The third-order valence-corrected chi connectivity index (χ3v) is 5.01. The molecular formula is C25H20N4O2. The van der Waals surface area contributed by atoms with Gasteiger partial charge in [-0.25, -0.2) is 4.98 Å². The summed E-state index contributed by atoms with van der Waals surface area (Å²) in [5, 5.41) is 4.28. The molecule has 2 N–H and O–H groups in total. The number of benzene rings is 3. The van der Waals surface area contributed by atoms with Crippen LogP contribution in [0.1, 0.15) is 5.56 Å². The van der Waals surface area contributed by atoms with E-state index in [0.29, 0.717) is 18.0 Å². The van der Waals surface area contributed by atoms with E-state index >= 15 is 0 Å². The van der Waals surface area contributed by atoms with Crippen molar-refractivity contribution in [2.75, 3.05) is 5.32 Å². The molecule has 0 saturated heterocycles. The molecule has 0 aliphatic carbocycles. The van der Waals surface area contributed by atoms with E-state index in [0.717, 1.165) is 27.8 Å². The molecule has 31 heavy (non-hydrogen) atoms. The van der Waals surface area contributed by atoms with Gasteiger partial charge in [0.1, 0.15) is 11.5 Å². The highest BCUT2D eigenvalue weighted by molar-refractivity contribution is 5.84. The summed E-state index contributed by atoms with van der Waals surface area (Å²) in [7, 11) is 0. The number of hydrogen-bond acceptors (Lipinski definition) is 4. The highest BCUT2D eigenvalue weighted by Crippen LogP contribution is 2.29. The van der Waals surface area contributed by atoms with Crippen molar-refractivity contribution in [3.05, 3.63) is 114 Å². The van der Waals surface area contributed by atoms with Gasteiger partial charge in [-0.1, -0.05) is 30.3 Å². The van der Waals surface area contributed by atoms with Gasteiger partial charge in [-0.05, 0) is 42.0 Å². The number of para-hydroxylation sites is 1. The number of aromatic amines is 1. The van der Waals surface area contributed by atoms with Crippen molar-refractivity contribution in [3.8, 4) is 17.2 Å². The quantitative estimate of drug-likeness (QED) is 0.409. The average molecular weight is 408 g/mol. The molecule has 0 radical (unpaired) electrons. The Morgan fingerprint density at radius 2 is 1.84 bits per heavy atom. The van der Waals surface area contributed by atoms with E-state index < -0.39 is 0 Å². The van der Waals surface area contributed by atoms with Crippen LogP contribution in [0.2, 0.25) is 0 Å². The van der Waals surface area contributed by atoms with Gasteiger partial charge in [0.15, 0.2) is 0 Å². The molecule has 2 heterocycles. The highest BCUT2D eigenvalue weighted by atomic mass is 16.5. The minimum atomic E-state index is -0.192. The van der Waals surface area contributed by atoms with Crippen LogP contribution >= 0.6 is 0 Å². The number of nitrogens with one attached hydrogen (secondary N) is 2. The molecule has 6 heteroatoms. The zero-order chi connectivity index (χ0) is 21.0. The number of ether oxygens (including phenoxy) is 1. The molecule has 3 aromatic carbocycles. The Kier molecular flexibility index (Phi) is 4.94. The number of pyridine rings is 1. The number of hydrogen-bond donors (Lipinski definition) is 2. The van der Waals surface area contributed by atoms with Crippen LogP contribution in [-0.4, -0.2) is 14.5 Å². The summed E-state index contributed by atoms with van der Waals surface area (Å²) in [4.78, 5) is 18.9. The molecule has 0 spiro atoms. The number of fused-ring (bicyclic) bond motifs is 1. The minimum absolute atomic E-state index is 0.192. The first-order valence-corrected chi connectivity index (χ1v) is 9.96. The SMILES string of the molecule is O=c1cc(Oc2cccc(NCc3ccc(-n4ccnc4)cc3)c2)c2ccccc2[nH]1. The largest absolute Gasteiger partial charge is 0.456 e. The molecule has 0 unspecified atom stereocenters. The minimum Gasteiger partial charge on any atom is -0.456 e. The third-order valence-electron chi connectivity index (χ3n) is 5.01. The van der Waals surface area contributed by atoms with E-state index in [2.05, 4.69) is 39.6 Å². The van der Waals surface area contributed by atoms with Gasteiger partial charge in [-0.3, -0.25) is 4.79 Å². The molecule has 5 aromatic rings. The Morgan fingerprint density at radius 1 is 0.968 bits per heavy atom. The van der Waals surface area contributed by atoms with Crippen LogP contribution in [0.3, 0.4) is 0 Å². The Bertz CT molecular complexity index is 1370. The summed E-state index contributed by atoms with van der Waals surface area (Å²) in [6.45, 7) is 0.682. The summed E-state index contributed by atoms with van der Waals surface area (Å²) in [5.74, 6) is 1.20. The first-order chi connectivity index (χ1) is 15.2. The Morgan fingerprint density at radius 3 is 2.68 bits per heavy atom. The lowest BCUT2D eigenvalue weighted by molar-refractivity contribution is 0.487. The van der Waals surface area contributed by atoms with Crippen LogP contribution in [0.15, 0.2) is 102 Å². The lowest BCUT2D eigenvalue weighted by Crippen LogP contribution is -2.05. The molecule has 0 aliphatic heterocycles. The average Bonchev–Trinajstić information content (AvgIpc) is 3.33. The molecule has 0 aliphatic rings. The normalized spacial score (nSPS) is 10.8. The summed E-state index contributed by atoms with van der Waals surface area (Å²) >= 11 is 0. The number of H-pyrrole nitrogens is 1. The van der Waals surface area contributed by atoms with Gasteiger partial charge in [0.2, 0.25) is 0 Å². The van der Waals surface area contributed by atoms with Gasteiger partial charge < -0.3 is 19.6 Å². The maximum Gasteiger partial charge on any atom is 0.252 e. The van der Waals surface area contributed by atoms with E-state index in [-0.39, 0.29) is 5.56 Å². The van der Waals surface area contributed by atoms with Crippen molar-refractivity contribution in [2.45, 2.75) is 6.54 Å². The molecule has 6 nitrogen and oxygen atoms in total. The molecule has 0 atom stereocenters. The number of aromatic nitrogens is 3. The van der Waals surface area contributed by atoms with Crippen LogP contribution in [0.4, 0.5) is 5.69 Å². The molecule has 5 rings (SSSR count). The van der Waals surface area contributed by atoms with Crippen LogP contribution < -0.4 is 15.6 Å². The standard InChI is InChI=1S/C25H20N4O2/c30-25-15-24(22-6-1-2-7-23(22)28-25)31-21-5-3-4-19(14-21)27-16-18-8-10-20(11-9-18)29-13-12-26-17-29/h1-15,17,27H,16H2,(H,28,30). The Labute approximate surface area is 178 Å². The van der Waals surface area contributed by atoms with Gasteiger partial charge in [0.25, 0.3) is 5.56 Å². The topological polar surface area (TPSA) is 71.9 Å². The van der Waals surface area contributed by atoms with E-state index in [1.54, 1.807) is 12.5 Å². The maximum atomic E-state index is 12.0. The lowest BCUT2D eigenvalue weighted by atomic mass is 10.2. The number of nitrogens with zero attached hydrogens (tertiary/aromatic N) is 2. The molecular weight excluding hydrogens is 388 g/mol.